The molecule has 106 valence electrons. The van der Waals surface area contributed by atoms with Crippen LogP contribution in [0.15, 0.2) is 66.2 Å². The smallest absolute Gasteiger partial charge is 0.264 e. The Kier molecular flexibility index (Phi) is 3.73. The molecule has 1 fully saturated rings. The Balaban J connectivity index is 1.73. The van der Waals surface area contributed by atoms with Crippen molar-refractivity contribution in [3.05, 3.63) is 71.8 Å². The fourth-order valence-electron chi connectivity index (χ4n) is 2.39. The molecule has 2 aromatic rings. The van der Waals surface area contributed by atoms with E-state index in [0.29, 0.717) is 0 Å². The number of benzene rings is 2. The number of hydrogen-bond donors (Lipinski definition) is 1. The van der Waals surface area contributed by atoms with Gasteiger partial charge in [-0.2, -0.15) is 0 Å². The topological polar surface area (TPSA) is 38.3 Å². The van der Waals surface area contributed by atoms with E-state index in [1.165, 1.54) is 0 Å². The zero-order valence-electron chi connectivity index (χ0n) is 11.8. The summed E-state index contributed by atoms with van der Waals surface area (Å²) in [6, 6.07) is 19.4. The molecule has 1 aliphatic heterocycles. The number of carbonyl (C=O) groups is 1. The maximum Gasteiger partial charge on any atom is 0.264 e. The number of β-lactam (4-membered cyclic amide) rings is 1. The highest BCUT2D eigenvalue weighted by molar-refractivity contribution is 5.90. The summed E-state index contributed by atoms with van der Waals surface area (Å²) in [5.41, 5.74) is 2.20. The Labute approximate surface area is 124 Å². The molecule has 1 heterocycles. The van der Waals surface area contributed by atoms with Crippen molar-refractivity contribution in [3.8, 4) is 5.75 Å². The van der Waals surface area contributed by atoms with Gasteiger partial charge in [0.1, 0.15) is 5.75 Å². The van der Waals surface area contributed by atoms with Gasteiger partial charge in [-0.1, -0.05) is 54.6 Å². The van der Waals surface area contributed by atoms with E-state index < -0.39 is 6.10 Å². The maximum atomic E-state index is 11.7. The Hall–Kier alpha value is -2.55. The predicted octanol–water partition coefficient (Wildman–Crippen LogP) is 3.04. The molecule has 0 bridgehead atoms. The molecule has 0 aromatic heterocycles. The summed E-state index contributed by atoms with van der Waals surface area (Å²) in [6.45, 7) is 2.01. The highest BCUT2D eigenvalue weighted by Crippen LogP contribution is 2.23. The zero-order chi connectivity index (χ0) is 14.7. The molecule has 1 aliphatic rings. The van der Waals surface area contributed by atoms with E-state index in [-0.39, 0.29) is 11.9 Å². The van der Waals surface area contributed by atoms with E-state index in [2.05, 4.69) is 11.4 Å². The average Bonchev–Trinajstić information content (AvgIpc) is 2.52. The Morgan fingerprint density at radius 3 is 2.29 bits per heavy atom. The lowest BCUT2D eigenvalue weighted by atomic mass is 9.93. The van der Waals surface area contributed by atoms with E-state index in [0.717, 1.165) is 16.9 Å². The van der Waals surface area contributed by atoms with E-state index >= 15 is 0 Å². The first-order valence-electron chi connectivity index (χ1n) is 6.99. The molecular formula is C18H17NO2. The molecule has 2 aromatic carbocycles. The fourth-order valence-corrected chi connectivity index (χ4v) is 2.39. The first kappa shape index (κ1) is 13.4. The van der Waals surface area contributed by atoms with Crippen molar-refractivity contribution in [2.75, 3.05) is 0 Å². The number of amides is 1. The van der Waals surface area contributed by atoms with Crippen LogP contribution in [0.3, 0.4) is 0 Å². The molecular weight excluding hydrogens is 262 g/mol. The van der Waals surface area contributed by atoms with Crippen molar-refractivity contribution >= 4 is 12.0 Å². The van der Waals surface area contributed by atoms with Gasteiger partial charge in [-0.3, -0.25) is 4.79 Å². The molecule has 1 N–H and O–H groups in total. The molecule has 0 radical (unpaired) electrons. The Morgan fingerprint density at radius 1 is 1.05 bits per heavy atom. The summed E-state index contributed by atoms with van der Waals surface area (Å²) in [5, 5.41) is 2.90. The summed E-state index contributed by atoms with van der Waals surface area (Å²) in [7, 11) is 0. The van der Waals surface area contributed by atoms with Gasteiger partial charge in [0.25, 0.3) is 5.91 Å². The average molecular weight is 279 g/mol. The van der Waals surface area contributed by atoms with Crippen LogP contribution in [-0.2, 0) is 4.79 Å². The molecule has 0 unspecified atom stereocenters. The number of carbonyl (C=O) groups excluding carboxylic acids is 1. The summed E-state index contributed by atoms with van der Waals surface area (Å²) in [4.78, 5) is 11.7. The molecule has 0 spiro atoms. The third-order valence-corrected chi connectivity index (χ3v) is 3.55. The first-order chi connectivity index (χ1) is 10.2. The van der Waals surface area contributed by atoms with Gasteiger partial charge in [-0.05, 0) is 30.2 Å². The molecule has 2 atom stereocenters. The van der Waals surface area contributed by atoms with Crippen molar-refractivity contribution in [1.29, 1.82) is 0 Å². The van der Waals surface area contributed by atoms with Crippen molar-refractivity contribution in [1.82, 2.24) is 5.32 Å². The van der Waals surface area contributed by atoms with E-state index in [9.17, 15) is 4.79 Å². The second kappa shape index (κ2) is 5.83. The van der Waals surface area contributed by atoms with Gasteiger partial charge in [0.05, 0.1) is 6.04 Å². The molecule has 21 heavy (non-hydrogen) atoms. The zero-order valence-corrected chi connectivity index (χ0v) is 11.8. The number of ether oxygens (including phenoxy) is 1. The lowest BCUT2D eigenvalue weighted by Crippen LogP contribution is -2.65. The number of rotatable bonds is 4. The molecule has 3 rings (SSSR count). The monoisotopic (exact) mass is 279 g/mol. The Morgan fingerprint density at radius 2 is 1.67 bits per heavy atom. The van der Waals surface area contributed by atoms with Crippen molar-refractivity contribution < 1.29 is 9.53 Å². The molecule has 1 saturated heterocycles. The van der Waals surface area contributed by atoms with Crippen LogP contribution in [0.1, 0.15) is 12.5 Å². The van der Waals surface area contributed by atoms with Crippen LogP contribution in [0.2, 0.25) is 0 Å². The first-order valence-corrected chi connectivity index (χ1v) is 6.99. The molecule has 0 saturated carbocycles. The van der Waals surface area contributed by atoms with Crippen LogP contribution in [0, 0.1) is 0 Å². The van der Waals surface area contributed by atoms with Gasteiger partial charge in [0.2, 0.25) is 6.10 Å². The quantitative estimate of drug-likeness (QED) is 0.874. The van der Waals surface area contributed by atoms with Crippen molar-refractivity contribution in [2.45, 2.75) is 19.1 Å². The molecule has 1 amide bonds. The van der Waals surface area contributed by atoms with Crippen LogP contribution < -0.4 is 10.1 Å². The second-order valence-corrected chi connectivity index (χ2v) is 5.14. The predicted molar refractivity (Wildman–Crippen MR) is 82.9 cm³/mol. The Bertz CT molecular complexity index is 649. The minimum atomic E-state index is -0.452. The minimum absolute atomic E-state index is 0.0651. The third-order valence-electron chi connectivity index (χ3n) is 3.55. The van der Waals surface area contributed by atoms with Crippen LogP contribution in [0.4, 0.5) is 0 Å². The van der Waals surface area contributed by atoms with Crippen LogP contribution in [0.25, 0.3) is 6.08 Å². The van der Waals surface area contributed by atoms with Crippen molar-refractivity contribution in [2.24, 2.45) is 0 Å². The summed E-state index contributed by atoms with van der Waals surface area (Å²) < 4.78 is 5.78. The van der Waals surface area contributed by atoms with E-state index in [4.69, 9.17) is 4.74 Å². The fraction of sp³-hybridized carbons (Fsp3) is 0.167. The highest BCUT2D eigenvalue weighted by atomic mass is 16.5. The summed E-state index contributed by atoms with van der Waals surface area (Å²) in [6.07, 6.45) is 1.62. The lowest BCUT2D eigenvalue weighted by molar-refractivity contribution is -0.138. The van der Waals surface area contributed by atoms with Gasteiger partial charge in [0, 0.05) is 0 Å². The highest BCUT2D eigenvalue weighted by Gasteiger charge is 2.42. The molecule has 0 aliphatic carbocycles. The van der Waals surface area contributed by atoms with Gasteiger partial charge in [-0.25, -0.2) is 0 Å². The largest absolute Gasteiger partial charge is 0.478 e. The normalized spacial score (nSPS) is 21.4. The van der Waals surface area contributed by atoms with Crippen LogP contribution >= 0.6 is 0 Å². The van der Waals surface area contributed by atoms with E-state index in [1.54, 1.807) is 0 Å². The number of nitrogens with one attached hydrogen (secondary N) is 1. The minimum Gasteiger partial charge on any atom is -0.478 e. The second-order valence-electron chi connectivity index (χ2n) is 5.14. The third kappa shape index (κ3) is 2.97. The molecule has 3 heteroatoms. The van der Waals surface area contributed by atoms with Gasteiger partial charge in [0.15, 0.2) is 0 Å². The summed E-state index contributed by atoms with van der Waals surface area (Å²) in [5.74, 6) is 0.652. The van der Waals surface area contributed by atoms with Gasteiger partial charge in [-0.15, -0.1) is 0 Å². The number of hydrogen-bond acceptors (Lipinski definition) is 2. The van der Waals surface area contributed by atoms with Gasteiger partial charge >= 0.3 is 0 Å². The number of para-hydroxylation sites is 1. The van der Waals surface area contributed by atoms with Crippen LogP contribution in [-0.4, -0.2) is 18.1 Å². The standard InChI is InChI=1S/C18H17NO2/c1-13(12-14-8-4-2-5-9-14)16-17(18(20)19-16)21-15-10-6-3-7-11-15/h2-12,16-17H,1H3,(H,19,20)/b13-12-/t16-,17+/m0/s1. The molecule has 3 nitrogen and oxygen atoms in total. The lowest BCUT2D eigenvalue weighted by Gasteiger charge is -2.37. The SMILES string of the molecule is C/C(=C/c1ccccc1)[C@@H]1NC(=O)[C@@H]1Oc1ccccc1. The van der Waals surface area contributed by atoms with Crippen molar-refractivity contribution in [3.63, 3.8) is 0 Å². The van der Waals surface area contributed by atoms with Crippen LogP contribution in [0.5, 0.6) is 5.75 Å². The maximum absolute atomic E-state index is 11.7. The van der Waals surface area contributed by atoms with E-state index in [1.807, 2.05) is 67.6 Å². The van der Waals surface area contributed by atoms with Gasteiger partial charge < -0.3 is 10.1 Å². The summed E-state index contributed by atoms with van der Waals surface area (Å²) >= 11 is 0.